The van der Waals surface area contributed by atoms with Gasteiger partial charge >= 0.3 is 5.97 Å². The van der Waals surface area contributed by atoms with Gasteiger partial charge < -0.3 is 10.1 Å². The first-order valence-corrected chi connectivity index (χ1v) is 5.66. The second kappa shape index (κ2) is 5.16. The maximum absolute atomic E-state index is 10.9. The summed E-state index contributed by atoms with van der Waals surface area (Å²) in [5, 5.41) is 11.2. The number of H-pyrrole nitrogens is 1. The Hall–Kier alpha value is -2.26. The third-order valence-electron chi connectivity index (χ3n) is 3.00. The summed E-state index contributed by atoms with van der Waals surface area (Å²) in [5.41, 5.74) is 2.04. The number of aromatic amines is 1. The van der Waals surface area contributed by atoms with E-state index >= 15 is 0 Å². The van der Waals surface area contributed by atoms with Crippen LogP contribution < -0.4 is 0 Å². The fourth-order valence-electron chi connectivity index (χ4n) is 2.14. The number of hydrogen-bond acceptors (Lipinski definition) is 1. The van der Waals surface area contributed by atoms with Gasteiger partial charge in [0.1, 0.15) is 5.69 Å². The molecule has 96 valence electrons. The molecule has 0 unspecified atom stereocenters. The van der Waals surface area contributed by atoms with Gasteiger partial charge in [-0.2, -0.15) is 0 Å². The molecule has 0 atom stereocenters. The average molecular weight is 274 g/mol. The maximum atomic E-state index is 10.9. The highest BCUT2D eigenvalue weighted by molar-refractivity contribution is 5.96. The van der Waals surface area contributed by atoms with Crippen LogP contribution in [0.15, 0.2) is 54.6 Å². The molecule has 0 aliphatic heterocycles. The van der Waals surface area contributed by atoms with Crippen molar-refractivity contribution in [2.75, 3.05) is 0 Å². The Morgan fingerprint density at radius 3 is 2.42 bits per heavy atom. The largest absolute Gasteiger partial charge is 0.477 e. The Morgan fingerprint density at radius 1 is 0.947 bits per heavy atom. The third-order valence-corrected chi connectivity index (χ3v) is 3.00. The van der Waals surface area contributed by atoms with Crippen LogP contribution in [0.4, 0.5) is 0 Å². The molecule has 0 saturated carbocycles. The summed E-state index contributed by atoms with van der Waals surface area (Å²) in [5.74, 6) is -0.943. The minimum Gasteiger partial charge on any atom is -0.477 e. The van der Waals surface area contributed by atoms with Gasteiger partial charge in [-0.25, -0.2) is 4.79 Å². The quantitative estimate of drug-likeness (QED) is 0.743. The van der Waals surface area contributed by atoms with Crippen molar-refractivity contribution in [3.63, 3.8) is 0 Å². The molecular weight excluding hydrogens is 262 g/mol. The van der Waals surface area contributed by atoms with Crippen molar-refractivity contribution in [1.82, 2.24) is 4.98 Å². The van der Waals surface area contributed by atoms with Gasteiger partial charge in [0.05, 0.1) is 0 Å². The molecular formula is C15H12ClNO2. The number of halogens is 1. The average Bonchev–Trinajstić information content (AvgIpc) is 2.87. The van der Waals surface area contributed by atoms with E-state index in [4.69, 9.17) is 5.11 Å². The summed E-state index contributed by atoms with van der Waals surface area (Å²) in [6, 6.07) is 17.4. The highest BCUT2D eigenvalue weighted by atomic mass is 35.5. The maximum Gasteiger partial charge on any atom is 0.352 e. The van der Waals surface area contributed by atoms with Crippen LogP contribution in [0.2, 0.25) is 0 Å². The number of carboxylic acids is 1. The van der Waals surface area contributed by atoms with E-state index in [-0.39, 0.29) is 18.1 Å². The molecule has 0 amide bonds. The van der Waals surface area contributed by atoms with Gasteiger partial charge in [-0.3, -0.25) is 0 Å². The summed E-state index contributed by atoms with van der Waals surface area (Å²) in [4.78, 5) is 13.8. The van der Waals surface area contributed by atoms with Crippen LogP contribution in [0.3, 0.4) is 0 Å². The number of rotatable bonds is 2. The molecule has 1 heterocycles. The predicted molar refractivity (Wildman–Crippen MR) is 77.9 cm³/mol. The second-order valence-corrected chi connectivity index (χ2v) is 4.12. The van der Waals surface area contributed by atoms with Gasteiger partial charge in [0.15, 0.2) is 0 Å². The minimum absolute atomic E-state index is 0. The van der Waals surface area contributed by atoms with Crippen LogP contribution >= 0.6 is 12.4 Å². The zero-order chi connectivity index (χ0) is 12.5. The van der Waals surface area contributed by atoms with Gasteiger partial charge in [-0.1, -0.05) is 42.5 Å². The van der Waals surface area contributed by atoms with Crippen LogP contribution in [-0.2, 0) is 0 Å². The zero-order valence-corrected chi connectivity index (χ0v) is 10.8. The van der Waals surface area contributed by atoms with Crippen molar-refractivity contribution in [1.29, 1.82) is 0 Å². The molecule has 0 aliphatic carbocycles. The molecule has 1 aromatic heterocycles. The van der Waals surface area contributed by atoms with Crippen molar-refractivity contribution in [3.8, 4) is 11.3 Å². The van der Waals surface area contributed by atoms with Crippen molar-refractivity contribution in [3.05, 3.63) is 60.3 Å². The van der Waals surface area contributed by atoms with E-state index in [9.17, 15) is 4.79 Å². The number of aromatic carboxylic acids is 1. The normalized spacial score (nSPS) is 10.1. The molecule has 0 radical (unpaired) electrons. The molecule has 0 spiro atoms. The van der Waals surface area contributed by atoms with Crippen molar-refractivity contribution in [2.24, 2.45) is 0 Å². The van der Waals surface area contributed by atoms with Crippen LogP contribution in [0.5, 0.6) is 0 Å². The van der Waals surface area contributed by atoms with Crippen LogP contribution in [-0.4, -0.2) is 16.1 Å². The smallest absolute Gasteiger partial charge is 0.352 e. The monoisotopic (exact) mass is 273 g/mol. The first-order chi connectivity index (χ1) is 8.75. The van der Waals surface area contributed by atoms with Gasteiger partial charge in [-0.15, -0.1) is 12.4 Å². The highest BCUT2D eigenvalue weighted by Crippen LogP contribution is 2.27. The topological polar surface area (TPSA) is 53.1 Å². The van der Waals surface area contributed by atoms with Crippen molar-refractivity contribution >= 4 is 29.1 Å². The second-order valence-electron chi connectivity index (χ2n) is 4.12. The van der Waals surface area contributed by atoms with Crippen molar-refractivity contribution < 1.29 is 9.90 Å². The minimum atomic E-state index is -0.943. The standard InChI is InChI=1S/C15H11NO2.ClH/c17-15(18)14-9-8-13(16-14)12-7-3-5-10-4-1-2-6-11(10)12;/h1-9,16H,(H,17,18);1H. The lowest BCUT2D eigenvalue weighted by molar-refractivity contribution is 0.0691. The predicted octanol–water partition coefficient (Wildman–Crippen LogP) is 3.95. The Bertz CT molecular complexity index is 728. The van der Waals surface area contributed by atoms with E-state index in [1.807, 2.05) is 42.5 Å². The first kappa shape index (κ1) is 13.2. The Morgan fingerprint density at radius 2 is 1.68 bits per heavy atom. The van der Waals surface area contributed by atoms with Gasteiger partial charge in [0.2, 0.25) is 0 Å². The summed E-state index contributed by atoms with van der Waals surface area (Å²) >= 11 is 0. The van der Waals surface area contributed by atoms with E-state index in [0.717, 1.165) is 22.0 Å². The Balaban J connectivity index is 0.00000133. The van der Waals surface area contributed by atoms with Gasteiger partial charge in [0, 0.05) is 11.3 Å². The van der Waals surface area contributed by atoms with Gasteiger partial charge in [0.25, 0.3) is 0 Å². The Kier molecular flexibility index (Phi) is 3.58. The van der Waals surface area contributed by atoms with Crippen LogP contribution in [0.1, 0.15) is 10.5 Å². The summed E-state index contributed by atoms with van der Waals surface area (Å²) in [6.07, 6.45) is 0. The van der Waals surface area contributed by atoms with E-state index < -0.39 is 5.97 Å². The lowest BCUT2D eigenvalue weighted by Crippen LogP contribution is -1.95. The lowest BCUT2D eigenvalue weighted by Gasteiger charge is -2.04. The number of benzene rings is 2. The van der Waals surface area contributed by atoms with Crippen molar-refractivity contribution in [2.45, 2.75) is 0 Å². The fraction of sp³-hybridized carbons (Fsp3) is 0. The summed E-state index contributed by atoms with van der Waals surface area (Å²) in [7, 11) is 0. The number of carboxylic acid groups (broad SMARTS) is 1. The fourth-order valence-corrected chi connectivity index (χ4v) is 2.14. The number of nitrogens with one attached hydrogen (secondary N) is 1. The number of aromatic nitrogens is 1. The lowest BCUT2D eigenvalue weighted by atomic mass is 10.0. The number of hydrogen-bond donors (Lipinski definition) is 2. The molecule has 0 bridgehead atoms. The number of fused-ring (bicyclic) bond motifs is 1. The molecule has 3 aromatic rings. The number of carbonyl (C=O) groups is 1. The Labute approximate surface area is 116 Å². The zero-order valence-electron chi connectivity index (χ0n) is 9.96. The summed E-state index contributed by atoms with van der Waals surface area (Å²) in [6.45, 7) is 0. The highest BCUT2D eigenvalue weighted by Gasteiger charge is 2.09. The van der Waals surface area contributed by atoms with E-state index in [1.165, 1.54) is 0 Å². The van der Waals surface area contributed by atoms with E-state index in [2.05, 4.69) is 4.98 Å². The summed E-state index contributed by atoms with van der Waals surface area (Å²) < 4.78 is 0. The molecule has 2 N–H and O–H groups in total. The molecule has 0 aliphatic rings. The van der Waals surface area contributed by atoms with Crippen LogP contribution in [0, 0.1) is 0 Å². The molecule has 2 aromatic carbocycles. The third kappa shape index (κ3) is 2.33. The molecule has 3 rings (SSSR count). The van der Waals surface area contributed by atoms with E-state index in [1.54, 1.807) is 12.1 Å². The van der Waals surface area contributed by atoms with Crippen LogP contribution in [0.25, 0.3) is 22.0 Å². The molecule has 4 heteroatoms. The molecule has 0 fully saturated rings. The molecule has 0 saturated heterocycles. The first-order valence-electron chi connectivity index (χ1n) is 5.66. The van der Waals surface area contributed by atoms with Gasteiger partial charge in [-0.05, 0) is 22.9 Å². The molecule has 19 heavy (non-hydrogen) atoms. The SMILES string of the molecule is Cl.O=C(O)c1ccc(-c2cccc3ccccc23)[nH]1. The van der Waals surface area contributed by atoms with E-state index in [0.29, 0.717) is 0 Å². The molecule has 3 nitrogen and oxygen atoms in total.